The van der Waals surface area contributed by atoms with E-state index in [9.17, 15) is 4.79 Å². The Labute approximate surface area is 111 Å². The average molecular weight is 260 g/mol. The van der Waals surface area contributed by atoms with Crippen molar-refractivity contribution in [3.05, 3.63) is 40.6 Å². The van der Waals surface area contributed by atoms with Gasteiger partial charge in [0.2, 0.25) is 0 Å². The maximum absolute atomic E-state index is 11.6. The summed E-state index contributed by atoms with van der Waals surface area (Å²) in [6.07, 6.45) is 0. The molecule has 0 aliphatic rings. The Hall–Kier alpha value is -1.68. The van der Waals surface area contributed by atoms with Crippen molar-refractivity contribution >= 4 is 28.0 Å². The number of benzene rings is 1. The molecule has 4 heteroatoms. The number of aryl methyl sites for hydroxylation is 3. The van der Waals surface area contributed by atoms with Gasteiger partial charge < -0.3 is 5.32 Å². The smallest absolute Gasteiger partial charge is 0.164 e. The van der Waals surface area contributed by atoms with Crippen LogP contribution in [0, 0.1) is 20.8 Å². The maximum atomic E-state index is 11.6. The van der Waals surface area contributed by atoms with Crippen LogP contribution >= 0.6 is 11.5 Å². The third kappa shape index (κ3) is 2.43. The molecule has 18 heavy (non-hydrogen) atoms. The average Bonchev–Trinajstić information content (AvgIpc) is 2.64. The predicted molar refractivity (Wildman–Crippen MR) is 76.1 cm³/mol. The van der Waals surface area contributed by atoms with Gasteiger partial charge >= 0.3 is 0 Å². The van der Waals surface area contributed by atoms with Crippen LogP contribution in [-0.4, -0.2) is 10.2 Å². The number of nitrogens with zero attached hydrogens (tertiary/aromatic N) is 1. The van der Waals surface area contributed by atoms with E-state index < -0.39 is 0 Å². The molecule has 2 rings (SSSR count). The Kier molecular flexibility index (Phi) is 3.48. The zero-order valence-electron chi connectivity index (χ0n) is 11.0. The number of hydrogen-bond acceptors (Lipinski definition) is 4. The van der Waals surface area contributed by atoms with Crippen molar-refractivity contribution in [1.29, 1.82) is 0 Å². The summed E-state index contributed by atoms with van der Waals surface area (Å²) in [7, 11) is 0. The quantitative estimate of drug-likeness (QED) is 0.848. The highest BCUT2D eigenvalue weighted by atomic mass is 32.1. The fraction of sp³-hybridized carbons (Fsp3) is 0.286. The number of Topliss-reactive ketones (excluding diaryl/α,β-unsaturated/α-hetero) is 1. The van der Waals surface area contributed by atoms with Gasteiger partial charge in [0.1, 0.15) is 5.00 Å². The van der Waals surface area contributed by atoms with E-state index in [0.29, 0.717) is 5.56 Å². The minimum atomic E-state index is 0.0496. The molecule has 0 bridgehead atoms. The normalized spacial score (nSPS) is 10.4. The van der Waals surface area contributed by atoms with Gasteiger partial charge in [-0.15, -0.1) is 0 Å². The van der Waals surface area contributed by atoms with Gasteiger partial charge in [-0.05, 0) is 50.9 Å². The molecule has 0 spiro atoms. The van der Waals surface area contributed by atoms with E-state index in [0.717, 1.165) is 21.9 Å². The van der Waals surface area contributed by atoms with Gasteiger partial charge in [0.15, 0.2) is 5.78 Å². The zero-order valence-corrected chi connectivity index (χ0v) is 11.8. The first-order valence-electron chi connectivity index (χ1n) is 5.80. The SMILES string of the molecule is CC(=O)c1c(C)nsc1Nc1ccc(C)cc1C. The van der Waals surface area contributed by atoms with Crippen LogP contribution in [0.5, 0.6) is 0 Å². The van der Waals surface area contributed by atoms with Crippen LogP contribution in [0.1, 0.15) is 34.1 Å². The number of aromatic nitrogens is 1. The maximum Gasteiger partial charge on any atom is 0.164 e. The molecule has 1 aromatic carbocycles. The van der Waals surface area contributed by atoms with E-state index in [2.05, 4.69) is 35.7 Å². The van der Waals surface area contributed by atoms with Gasteiger partial charge in [0.25, 0.3) is 0 Å². The molecule has 0 amide bonds. The minimum absolute atomic E-state index is 0.0496. The van der Waals surface area contributed by atoms with Crippen LogP contribution in [0.4, 0.5) is 10.7 Å². The fourth-order valence-electron chi connectivity index (χ4n) is 1.95. The Balaban J connectivity index is 2.37. The molecule has 0 fully saturated rings. The summed E-state index contributed by atoms with van der Waals surface area (Å²) >= 11 is 1.33. The summed E-state index contributed by atoms with van der Waals surface area (Å²) in [5.41, 5.74) is 4.90. The highest BCUT2D eigenvalue weighted by molar-refractivity contribution is 7.10. The second-order valence-electron chi connectivity index (χ2n) is 4.47. The van der Waals surface area contributed by atoms with Crippen molar-refractivity contribution in [2.24, 2.45) is 0 Å². The predicted octanol–water partition coefficient (Wildman–Crippen LogP) is 4.01. The number of carbonyl (C=O) groups is 1. The highest BCUT2D eigenvalue weighted by Gasteiger charge is 2.15. The molecule has 0 radical (unpaired) electrons. The number of carbonyl (C=O) groups excluding carboxylic acids is 1. The Morgan fingerprint density at radius 3 is 2.61 bits per heavy atom. The van der Waals surface area contributed by atoms with Crippen molar-refractivity contribution < 1.29 is 4.79 Å². The third-order valence-corrected chi connectivity index (χ3v) is 3.70. The summed E-state index contributed by atoms with van der Waals surface area (Å²) in [5.74, 6) is 0.0496. The molecule has 2 aromatic rings. The third-order valence-electron chi connectivity index (χ3n) is 2.84. The first-order chi connectivity index (χ1) is 8.49. The molecule has 0 unspecified atom stereocenters. The van der Waals surface area contributed by atoms with E-state index in [-0.39, 0.29) is 5.78 Å². The summed E-state index contributed by atoms with van der Waals surface area (Å²) in [6, 6.07) is 6.20. The van der Waals surface area contributed by atoms with Gasteiger partial charge in [-0.2, -0.15) is 4.37 Å². The molecular weight excluding hydrogens is 244 g/mol. The molecular formula is C14H16N2OS. The molecule has 0 atom stereocenters. The highest BCUT2D eigenvalue weighted by Crippen LogP contribution is 2.29. The van der Waals surface area contributed by atoms with Gasteiger partial charge in [-0.25, -0.2) is 0 Å². The number of hydrogen-bond donors (Lipinski definition) is 1. The van der Waals surface area contributed by atoms with Gasteiger partial charge in [0, 0.05) is 5.69 Å². The molecule has 1 N–H and O–H groups in total. The molecule has 1 aromatic heterocycles. The number of nitrogens with one attached hydrogen (secondary N) is 1. The lowest BCUT2D eigenvalue weighted by atomic mass is 10.1. The first-order valence-corrected chi connectivity index (χ1v) is 6.58. The molecule has 0 saturated carbocycles. The molecule has 0 saturated heterocycles. The van der Waals surface area contributed by atoms with Crippen LogP contribution < -0.4 is 5.32 Å². The van der Waals surface area contributed by atoms with E-state index in [1.165, 1.54) is 17.1 Å². The lowest BCUT2D eigenvalue weighted by Crippen LogP contribution is -1.99. The van der Waals surface area contributed by atoms with Crippen molar-refractivity contribution in [2.75, 3.05) is 5.32 Å². The molecule has 3 nitrogen and oxygen atoms in total. The molecule has 0 aliphatic heterocycles. The Bertz CT molecular complexity index is 602. The van der Waals surface area contributed by atoms with Crippen LogP contribution in [0.2, 0.25) is 0 Å². The fourth-order valence-corrected chi connectivity index (χ4v) is 2.80. The van der Waals surface area contributed by atoms with Crippen molar-refractivity contribution in [1.82, 2.24) is 4.37 Å². The standard InChI is InChI=1S/C14H16N2OS/c1-8-5-6-12(9(2)7-8)15-14-13(11(4)17)10(3)16-18-14/h5-7,15H,1-4H3. The topological polar surface area (TPSA) is 42.0 Å². The molecule has 0 aliphatic carbocycles. The van der Waals surface area contributed by atoms with E-state index in [1.54, 1.807) is 6.92 Å². The second kappa shape index (κ2) is 4.90. The summed E-state index contributed by atoms with van der Waals surface area (Å²) in [5, 5.41) is 4.13. The van der Waals surface area contributed by atoms with Gasteiger partial charge in [-0.1, -0.05) is 17.7 Å². The Morgan fingerprint density at radius 1 is 1.28 bits per heavy atom. The van der Waals surface area contributed by atoms with E-state index in [1.807, 2.05) is 13.0 Å². The van der Waals surface area contributed by atoms with Crippen LogP contribution in [0.25, 0.3) is 0 Å². The van der Waals surface area contributed by atoms with Crippen LogP contribution in [0.15, 0.2) is 18.2 Å². The van der Waals surface area contributed by atoms with Gasteiger partial charge in [-0.3, -0.25) is 4.79 Å². The monoisotopic (exact) mass is 260 g/mol. The van der Waals surface area contributed by atoms with Gasteiger partial charge in [0.05, 0.1) is 11.3 Å². The number of rotatable bonds is 3. The van der Waals surface area contributed by atoms with Crippen molar-refractivity contribution in [3.8, 4) is 0 Å². The van der Waals surface area contributed by atoms with Crippen molar-refractivity contribution in [3.63, 3.8) is 0 Å². The first kappa shape index (κ1) is 12.8. The lowest BCUT2D eigenvalue weighted by Gasteiger charge is -2.09. The molecule has 1 heterocycles. The van der Waals surface area contributed by atoms with Crippen molar-refractivity contribution in [2.45, 2.75) is 27.7 Å². The summed E-state index contributed by atoms with van der Waals surface area (Å²) in [4.78, 5) is 11.6. The summed E-state index contributed by atoms with van der Waals surface area (Å²) in [6.45, 7) is 7.55. The van der Waals surface area contributed by atoms with Crippen LogP contribution in [-0.2, 0) is 0 Å². The van der Waals surface area contributed by atoms with Crippen LogP contribution in [0.3, 0.4) is 0 Å². The van der Waals surface area contributed by atoms with E-state index in [4.69, 9.17) is 0 Å². The zero-order chi connectivity index (χ0) is 13.3. The van der Waals surface area contributed by atoms with E-state index >= 15 is 0 Å². The minimum Gasteiger partial charge on any atom is -0.345 e. The summed E-state index contributed by atoms with van der Waals surface area (Å²) < 4.78 is 4.24. The Morgan fingerprint density at radius 2 is 2.00 bits per heavy atom. The second-order valence-corrected chi connectivity index (χ2v) is 5.25. The number of ketones is 1. The molecule has 94 valence electrons. The lowest BCUT2D eigenvalue weighted by molar-refractivity contribution is 0.101. The largest absolute Gasteiger partial charge is 0.345 e. The number of anilines is 2.